The first-order chi connectivity index (χ1) is 11.5. The fraction of sp³-hybridized carbons (Fsp3) is 0.158. The molecule has 24 heavy (non-hydrogen) atoms. The Morgan fingerprint density at radius 1 is 1.08 bits per heavy atom. The average Bonchev–Trinajstić information content (AvgIpc) is 2.61. The van der Waals surface area contributed by atoms with Crippen LogP contribution in [0.1, 0.15) is 15.9 Å². The lowest BCUT2D eigenvalue weighted by molar-refractivity contribution is 0.0825. The number of halogens is 1. The molecule has 0 spiro atoms. The topological polar surface area (TPSA) is 50.5 Å². The first-order valence-corrected chi connectivity index (χ1v) is 7.99. The number of hydrogen-bond acceptors (Lipinski definition) is 3. The van der Waals surface area contributed by atoms with Crippen molar-refractivity contribution in [2.75, 3.05) is 14.1 Å². The summed E-state index contributed by atoms with van der Waals surface area (Å²) in [6.45, 7) is 0. The molecule has 4 nitrogen and oxygen atoms in total. The van der Waals surface area contributed by atoms with Gasteiger partial charge < -0.3 is 9.32 Å². The van der Waals surface area contributed by atoms with Gasteiger partial charge in [-0.05, 0) is 6.07 Å². The number of benzene rings is 2. The van der Waals surface area contributed by atoms with E-state index in [-0.39, 0.29) is 28.5 Å². The van der Waals surface area contributed by atoms with E-state index < -0.39 is 0 Å². The molecule has 0 saturated carbocycles. The van der Waals surface area contributed by atoms with Gasteiger partial charge in [-0.3, -0.25) is 9.59 Å². The van der Waals surface area contributed by atoms with E-state index in [1.807, 2.05) is 18.2 Å². The highest BCUT2D eigenvalue weighted by molar-refractivity contribution is 6.18. The molecule has 0 aliphatic heterocycles. The van der Waals surface area contributed by atoms with E-state index in [2.05, 4.69) is 0 Å². The van der Waals surface area contributed by atoms with E-state index in [0.29, 0.717) is 22.1 Å². The van der Waals surface area contributed by atoms with E-state index >= 15 is 0 Å². The van der Waals surface area contributed by atoms with Crippen LogP contribution in [0.2, 0.25) is 0 Å². The maximum absolute atomic E-state index is 13.0. The molecular weight excluding hydrogens is 326 g/mol. The number of alkyl halides is 1. The normalized spacial score (nSPS) is 10.8. The Morgan fingerprint density at radius 3 is 2.42 bits per heavy atom. The van der Waals surface area contributed by atoms with Crippen LogP contribution in [0.4, 0.5) is 0 Å². The third-order valence-corrected chi connectivity index (χ3v) is 4.09. The SMILES string of the molecule is CN(C)C(=O)c1c(-c2ccccc2)oc2c(CCl)cccc2c1=O. The summed E-state index contributed by atoms with van der Waals surface area (Å²) in [6, 6.07) is 14.3. The van der Waals surface area contributed by atoms with Gasteiger partial charge in [-0.2, -0.15) is 0 Å². The predicted molar refractivity (Wildman–Crippen MR) is 95.5 cm³/mol. The molecule has 1 amide bonds. The first kappa shape index (κ1) is 16.3. The zero-order valence-corrected chi connectivity index (χ0v) is 14.1. The van der Waals surface area contributed by atoms with E-state index in [0.717, 1.165) is 0 Å². The number of fused-ring (bicyclic) bond motifs is 1. The highest BCUT2D eigenvalue weighted by atomic mass is 35.5. The molecular formula is C19H16ClNO3. The highest BCUT2D eigenvalue weighted by Crippen LogP contribution is 2.28. The monoisotopic (exact) mass is 341 g/mol. The van der Waals surface area contributed by atoms with Crippen molar-refractivity contribution >= 4 is 28.5 Å². The van der Waals surface area contributed by atoms with E-state index in [9.17, 15) is 9.59 Å². The molecule has 2 aromatic carbocycles. The van der Waals surface area contributed by atoms with Gasteiger partial charge in [-0.15, -0.1) is 11.6 Å². The second-order valence-electron chi connectivity index (χ2n) is 5.63. The van der Waals surface area contributed by atoms with Gasteiger partial charge in [0.2, 0.25) is 5.43 Å². The molecule has 5 heteroatoms. The van der Waals surface area contributed by atoms with Crippen molar-refractivity contribution in [3.05, 3.63) is 69.9 Å². The number of nitrogens with zero attached hydrogens (tertiary/aromatic N) is 1. The lowest BCUT2D eigenvalue weighted by Crippen LogP contribution is -2.28. The van der Waals surface area contributed by atoms with Crippen molar-refractivity contribution in [1.82, 2.24) is 4.90 Å². The van der Waals surface area contributed by atoms with Crippen LogP contribution in [-0.2, 0) is 5.88 Å². The smallest absolute Gasteiger partial charge is 0.261 e. The third-order valence-electron chi connectivity index (χ3n) is 3.80. The van der Waals surface area contributed by atoms with Crippen LogP contribution in [0.3, 0.4) is 0 Å². The Kier molecular flexibility index (Phi) is 4.40. The summed E-state index contributed by atoms with van der Waals surface area (Å²) >= 11 is 5.97. The van der Waals surface area contributed by atoms with Gasteiger partial charge in [0.25, 0.3) is 5.91 Å². The highest BCUT2D eigenvalue weighted by Gasteiger charge is 2.24. The largest absolute Gasteiger partial charge is 0.455 e. The Bertz CT molecular complexity index is 962. The van der Waals surface area contributed by atoms with Gasteiger partial charge in [0.1, 0.15) is 11.1 Å². The first-order valence-electron chi connectivity index (χ1n) is 7.46. The van der Waals surface area contributed by atoms with Crippen LogP contribution in [0.5, 0.6) is 0 Å². The summed E-state index contributed by atoms with van der Waals surface area (Å²) in [5, 5.41) is 0.359. The molecule has 0 aliphatic rings. The van der Waals surface area contributed by atoms with Crippen LogP contribution in [0.25, 0.3) is 22.3 Å². The molecule has 0 N–H and O–H groups in total. The van der Waals surface area contributed by atoms with Crippen LogP contribution < -0.4 is 5.43 Å². The van der Waals surface area contributed by atoms with Crippen molar-refractivity contribution < 1.29 is 9.21 Å². The van der Waals surface area contributed by atoms with Crippen LogP contribution in [0, 0.1) is 0 Å². The fourth-order valence-corrected chi connectivity index (χ4v) is 2.80. The van der Waals surface area contributed by atoms with Gasteiger partial charge >= 0.3 is 0 Å². The number of hydrogen-bond donors (Lipinski definition) is 0. The lowest BCUT2D eigenvalue weighted by Gasteiger charge is -2.14. The summed E-state index contributed by atoms with van der Waals surface area (Å²) < 4.78 is 6.02. The minimum atomic E-state index is -0.388. The van der Waals surface area contributed by atoms with Gasteiger partial charge in [-0.25, -0.2) is 0 Å². The van der Waals surface area contributed by atoms with E-state index in [1.54, 1.807) is 44.4 Å². The third kappa shape index (κ3) is 2.69. The second kappa shape index (κ2) is 6.49. The molecule has 0 radical (unpaired) electrons. The van der Waals surface area contributed by atoms with E-state index in [4.69, 9.17) is 16.0 Å². The maximum atomic E-state index is 13.0. The Hall–Kier alpha value is -2.59. The number of rotatable bonds is 3. The lowest BCUT2D eigenvalue weighted by atomic mass is 10.0. The molecule has 3 aromatic rings. The number of para-hydroxylation sites is 1. The molecule has 3 rings (SSSR count). The zero-order chi connectivity index (χ0) is 17.3. The van der Waals surface area contributed by atoms with Crippen molar-refractivity contribution in [1.29, 1.82) is 0 Å². The molecule has 0 unspecified atom stereocenters. The quantitative estimate of drug-likeness (QED) is 0.679. The molecule has 0 aliphatic carbocycles. The van der Waals surface area contributed by atoms with Crippen LogP contribution >= 0.6 is 11.6 Å². The number of carbonyl (C=O) groups is 1. The summed E-state index contributed by atoms with van der Waals surface area (Å²) in [5.74, 6) is 0.0975. The Balaban J connectivity index is 2.45. The van der Waals surface area contributed by atoms with E-state index in [1.165, 1.54) is 4.90 Å². The molecule has 1 aromatic heterocycles. The summed E-state index contributed by atoms with van der Waals surface area (Å²) in [7, 11) is 3.21. The zero-order valence-electron chi connectivity index (χ0n) is 13.4. The second-order valence-corrected chi connectivity index (χ2v) is 5.90. The molecule has 0 fully saturated rings. The van der Waals surface area contributed by atoms with Crippen LogP contribution in [-0.4, -0.2) is 24.9 Å². The van der Waals surface area contributed by atoms with Gasteiger partial charge in [0, 0.05) is 25.2 Å². The summed E-state index contributed by atoms with van der Waals surface area (Å²) in [4.78, 5) is 27.0. The minimum Gasteiger partial charge on any atom is -0.455 e. The van der Waals surface area contributed by atoms with Crippen molar-refractivity contribution in [2.45, 2.75) is 5.88 Å². The van der Waals surface area contributed by atoms with Crippen molar-refractivity contribution in [2.24, 2.45) is 0 Å². The van der Waals surface area contributed by atoms with Gasteiger partial charge in [-0.1, -0.05) is 42.5 Å². The average molecular weight is 342 g/mol. The summed E-state index contributed by atoms with van der Waals surface area (Å²) in [5.41, 5.74) is 1.50. The Labute approximate surface area is 144 Å². The van der Waals surface area contributed by atoms with Crippen molar-refractivity contribution in [3.8, 4) is 11.3 Å². The molecule has 0 saturated heterocycles. The number of amides is 1. The fourth-order valence-electron chi connectivity index (χ4n) is 2.59. The predicted octanol–water partition coefficient (Wildman–Crippen LogP) is 3.90. The standard InChI is InChI=1S/C19H16ClNO3/c1-21(2)19(23)15-16(22)14-10-6-9-13(11-20)17(14)24-18(15)12-7-4-3-5-8-12/h3-10H,11H2,1-2H3. The molecule has 0 atom stereocenters. The van der Waals surface area contributed by atoms with Crippen molar-refractivity contribution in [3.63, 3.8) is 0 Å². The van der Waals surface area contributed by atoms with Gasteiger partial charge in [0.05, 0.1) is 11.3 Å². The molecule has 1 heterocycles. The number of carbonyl (C=O) groups excluding carboxylic acids is 1. The minimum absolute atomic E-state index is 0.0328. The Morgan fingerprint density at radius 2 is 1.79 bits per heavy atom. The maximum Gasteiger partial charge on any atom is 0.261 e. The van der Waals surface area contributed by atoms with Gasteiger partial charge in [0.15, 0.2) is 5.76 Å². The molecule has 122 valence electrons. The van der Waals surface area contributed by atoms with Crippen LogP contribution in [0.15, 0.2) is 57.7 Å². The molecule has 0 bridgehead atoms. The summed E-state index contributed by atoms with van der Waals surface area (Å²) in [6.07, 6.45) is 0.